The van der Waals surface area contributed by atoms with Gasteiger partial charge in [-0.15, -0.1) is 0 Å². The first-order chi connectivity index (χ1) is 5.40. The number of rotatable bonds is 1. The zero-order chi connectivity index (χ0) is 9.41. The summed E-state index contributed by atoms with van der Waals surface area (Å²) in [5.41, 5.74) is 14.2. The highest BCUT2D eigenvalue weighted by Crippen LogP contribution is 2.30. The van der Waals surface area contributed by atoms with Crippen molar-refractivity contribution in [3.63, 3.8) is 0 Å². The molecule has 1 aliphatic carbocycles. The smallest absolute Gasteiger partial charge is 0.327 e. The summed E-state index contributed by atoms with van der Waals surface area (Å²) in [7, 11) is 0. The fourth-order valence-corrected chi connectivity index (χ4v) is 1.58. The molecule has 0 bridgehead atoms. The van der Waals surface area contributed by atoms with Crippen LogP contribution in [0.4, 0.5) is 0 Å². The Hall–Kier alpha value is -0.650. The third-order valence-corrected chi connectivity index (χ3v) is 2.62. The predicted molar refractivity (Wildman–Crippen MR) is 44.1 cm³/mol. The van der Waals surface area contributed by atoms with Crippen LogP contribution in [0.15, 0.2) is 0 Å². The van der Waals surface area contributed by atoms with Gasteiger partial charge >= 0.3 is 5.97 Å². The summed E-state index contributed by atoms with van der Waals surface area (Å²) in [5.74, 6) is -1.10. The van der Waals surface area contributed by atoms with Crippen molar-refractivity contribution in [1.29, 1.82) is 0 Å². The van der Waals surface area contributed by atoms with Crippen molar-refractivity contribution >= 4 is 5.97 Å². The molecule has 70 valence electrons. The van der Waals surface area contributed by atoms with Crippen LogP contribution < -0.4 is 17.2 Å². The van der Waals surface area contributed by atoms with Gasteiger partial charge in [-0.25, -0.2) is 0 Å². The molecule has 1 fully saturated rings. The fraction of sp³-hybridized carbons (Fsp3) is 0.857. The lowest BCUT2D eigenvalue weighted by Gasteiger charge is -2.43. The highest BCUT2D eigenvalue weighted by Gasteiger charge is 2.51. The summed E-state index contributed by atoms with van der Waals surface area (Å²) in [5, 5.41) is 8.85. The van der Waals surface area contributed by atoms with Crippen LogP contribution in [0.2, 0.25) is 0 Å². The number of hydrogen-bond acceptors (Lipinski definition) is 4. The van der Waals surface area contributed by atoms with Gasteiger partial charge in [-0.05, 0) is 12.8 Å². The van der Waals surface area contributed by atoms with Gasteiger partial charge in [0.25, 0.3) is 0 Å². The van der Waals surface area contributed by atoms with Crippen molar-refractivity contribution < 1.29 is 9.90 Å². The standard InChI is InChI=1S/C7H15N3O2/c8-6(5(11)12)3-1-2-4-7(6,9)10/h1-4,8-10H2,(H,11,12). The molecule has 0 heterocycles. The summed E-state index contributed by atoms with van der Waals surface area (Å²) in [6.45, 7) is 0. The molecule has 0 aliphatic heterocycles. The van der Waals surface area contributed by atoms with Gasteiger partial charge in [-0.1, -0.05) is 12.8 Å². The van der Waals surface area contributed by atoms with Crippen molar-refractivity contribution in [2.75, 3.05) is 0 Å². The van der Waals surface area contributed by atoms with Crippen molar-refractivity contribution in [3.8, 4) is 0 Å². The Labute approximate surface area is 70.9 Å². The van der Waals surface area contributed by atoms with E-state index in [4.69, 9.17) is 22.3 Å². The molecule has 0 radical (unpaired) electrons. The summed E-state index contributed by atoms with van der Waals surface area (Å²) >= 11 is 0. The lowest BCUT2D eigenvalue weighted by atomic mass is 9.74. The molecule has 7 N–H and O–H groups in total. The highest BCUT2D eigenvalue weighted by atomic mass is 16.4. The monoisotopic (exact) mass is 173 g/mol. The van der Waals surface area contributed by atoms with E-state index in [-0.39, 0.29) is 0 Å². The van der Waals surface area contributed by atoms with Gasteiger partial charge < -0.3 is 22.3 Å². The largest absolute Gasteiger partial charge is 0.480 e. The minimum absolute atomic E-state index is 0.356. The summed E-state index contributed by atoms with van der Waals surface area (Å²) in [4.78, 5) is 10.8. The van der Waals surface area contributed by atoms with Crippen molar-refractivity contribution in [2.45, 2.75) is 36.9 Å². The average molecular weight is 173 g/mol. The Morgan fingerprint density at radius 2 is 1.67 bits per heavy atom. The molecule has 0 saturated heterocycles. The number of hydrogen-bond donors (Lipinski definition) is 4. The Balaban J connectivity index is 2.91. The van der Waals surface area contributed by atoms with Crippen LogP contribution in [-0.2, 0) is 4.79 Å². The molecule has 12 heavy (non-hydrogen) atoms. The van der Waals surface area contributed by atoms with E-state index in [2.05, 4.69) is 0 Å². The summed E-state index contributed by atoms with van der Waals surface area (Å²) < 4.78 is 0. The van der Waals surface area contributed by atoms with E-state index in [0.717, 1.165) is 12.8 Å². The minimum Gasteiger partial charge on any atom is -0.480 e. The van der Waals surface area contributed by atoms with Crippen LogP contribution in [0.3, 0.4) is 0 Å². The first-order valence-corrected chi connectivity index (χ1v) is 4.00. The van der Waals surface area contributed by atoms with Crippen LogP contribution in [0.1, 0.15) is 25.7 Å². The Bertz CT molecular complexity index is 205. The minimum atomic E-state index is -1.45. The van der Waals surface area contributed by atoms with E-state index >= 15 is 0 Å². The molecule has 5 nitrogen and oxygen atoms in total. The molecule has 0 aromatic carbocycles. The average Bonchev–Trinajstić information content (AvgIpc) is 1.95. The number of carboxylic acids is 1. The molecule has 1 rings (SSSR count). The van der Waals surface area contributed by atoms with Crippen molar-refractivity contribution in [1.82, 2.24) is 0 Å². The van der Waals surface area contributed by atoms with Gasteiger partial charge in [0.1, 0.15) is 5.54 Å². The van der Waals surface area contributed by atoms with Crippen LogP contribution in [-0.4, -0.2) is 22.3 Å². The zero-order valence-corrected chi connectivity index (χ0v) is 6.92. The van der Waals surface area contributed by atoms with E-state index in [0.29, 0.717) is 12.8 Å². The molecule has 5 heteroatoms. The second-order valence-corrected chi connectivity index (χ2v) is 3.52. The Morgan fingerprint density at radius 3 is 2.00 bits per heavy atom. The van der Waals surface area contributed by atoms with Gasteiger partial charge in [0, 0.05) is 0 Å². The molecule has 1 atom stereocenters. The molecule has 0 aromatic heterocycles. The Morgan fingerprint density at radius 1 is 1.17 bits per heavy atom. The van der Waals surface area contributed by atoms with Crippen LogP contribution in [0, 0.1) is 0 Å². The van der Waals surface area contributed by atoms with E-state index in [1.54, 1.807) is 0 Å². The van der Waals surface area contributed by atoms with E-state index in [1.807, 2.05) is 0 Å². The van der Waals surface area contributed by atoms with Gasteiger partial charge in [0.05, 0.1) is 5.66 Å². The molecule has 1 aliphatic rings. The van der Waals surface area contributed by atoms with Crippen molar-refractivity contribution in [3.05, 3.63) is 0 Å². The Kier molecular flexibility index (Phi) is 2.11. The highest BCUT2D eigenvalue weighted by molar-refractivity contribution is 5.80. The molecule has 0 aromatic rings. The quantitative estimate of drug-likeness (QED) is 0.378. The molecule has 1 unspecified atom stereocenters. The molecular weight excluding hydrogens is 158 g/mol. The number of nitrogens with two attached hydrogens (primary N) is 3. The SMILES string of the molecule is NC1(N)CCCCC1(N)C(=O)O. The molecule has 0 spiro atoms. The van der Waals surface area contributed by atoms with Gasteiger partial charge in [-0.3, -0.25) is 4.79 Å². The second-order valence-electron chi connectivity index (χ2n) is 3.52. The van der Waals surface area contributed by atoms with E-state index < -0.39 is 17.2 Å². The topological polar surface area (TPSA) is 115 Å². The predicted octanol–water partition coefficient (Wildman–Crippen LogP) is -1.04. The van der Waals surface area contributed by atoms with Crippen molar-refractivity contribution in [2.24, 2.45) is 17.2 Å². The second kappa shape index (κ2) is 2.69. The summed E-state index contributed by atoms with van der Waals surface area (Å²) in [6, 6.07) is 0. The first-order valence-electron chi connectivity index (χ1n) is 4.00. The maximum atomic E-state index is 10.8. The third-order valence-electron chi connectivity index (χ3n) is 2.62. The normalized spacial score (nSPS) is 34.6. The lowest BCUT2D eigenvalue weighted by Crippen LogP contribution is -2.75. The number of carbonyl (C=O) groups is 1. The number of carboxylic acid groups (broad SMARTS) is 1. The number of aliphatic carboxylic acids is 1. The molecular formula is C7H15N3O2. The fourth-order valence-electron chi connectivity index (χ4n) is 1.58. The van der Waals surface area contributed by atoms with Gasteiger partial charge in [0.15, 0.2) is 0 Å². The maximum absolute atomic E-state index is 10.8. The van der Waals surface area contributed by atoms with Gasteiger partial charge in [-0.2, -0.15) is 0 Å². The van der Waals surface area contributed by atoms with E-state index in [9.17, 15) is 4.79 Å². The van der Waals surface area contributed by atoms with Gasteiger partial charge in [0.2, 0.25) is 0 Å². The third kappa shape index (κ3) is 1.20. The molecule has 1 saturated carbocycles. The lowest BCUT2D eigenvalue weighted by molar-refractivity contribution is -0.147. The summed E-state index contributed by atoms with van der Waals surface area (Å²) in [6.07, 6.45) is 2.45. The van der Waals surface area contributed by atoms with Crippen LogP contribution in [0.25, 0.3) is 0 Å². The van der Waals surface area contributed by atoms with Crippen LogP contribution in [0.5, 0.6) is 0 Å². The maximum Gasteiger partial charge on any atom is 0.327 e. The van der Waals surface area contributed by atoms with Crippen LogP contribution >= 0.6 is 0 Å². The van der Waals surface area contributed by atoms with E-state index in [1.165, 1.54) is 0 Å². The molecule has 0 amide bonds. The zero-order valence-electron chi connectivity index (χ0n) is 6.92. The first kappa shape index (κ1) is 9.44.